The molecule has 2 aliphatic rings. The van der Waals surface area contributed by atoms with Gasteiger partial charge in [-0.3, -0.25) is 10.1 Å². The lowest BCUT2D eigenvalue weighted by Crippen LogP contribution is -2.54. The fourth-order valence-corrected chi connectivity index (χ4v) is 4.48. The van der Waals surface area contributed by atoms with Crippen LogP contribution in [0.25, 0.3) is 0 Å². The van der Waals surface area contributed by atoms with Gasteiger partial charge >= 0.3 is 5.97 Å². The third kappa shape index (κ3) is 3.59. The van der Waals surface area contributed by atoms with Gasteiger partial charge in [0.25, 0.3) is 0 Å². The van der Waals surface area contributed by atoms with E-state index in [1.807, 2.05) is 13.8 Å². The largest absolute Gasteiger partial charge is 0.480 e. The lowest BCUT2D eigenvalue weighted by Gasteiger charge is -2.40. The standard InChI is InChI=1S/C17H32N2O2/c1-12(2)18-17(16(20)21)10-9-14(11-17)19(4)15-8-6-5-7-13(15)3/h12-15,18H,5-11H2,1-4H3,(H,20,21). The molecule has 4 heteroatoms. The van der Waals surface area contributed by atoms with E-state index in [4.69, 9.17) is 0 Å². The van der Waals surface area contributed by atoms with E-state index in [0.717, 1.165) is 25.2 Å². The van der Waals surface area contributed by atoms with E-state index in [1.54, 1.807) is 0 Å². The van der Waals surface area contributed by atoms with Crippen LogP contribution in [0.5, 0.6) is 0 Å². The Balaban J connectivity index is 2.04. The summed E-state index contributed by atoms with van der Waals surface area (Å²) in [5, 5.41) is 13.0. The lowest BCUT2D eigenvalue weighted by molar-refractivity contribution is -0.145. The Bertz CT molecular complexity index is 372. The van der Waals surface area contributed by atoms with E-state index in [9.17, 15) is 9.90 Å². The highest BCUT2D eigenvalue weighted by Crippen LogP contribution is 2.37. The van der Waals surface area contributed by atoms with Gasteiger partial charge in [0.1, 0.15) is 5.54 Å². The first-order chi connectivity index (χ1) is 9.85. The summed E-state index contributed by atoms with van der Waals surface area (Å²) in [6, 6.07) is 1.24. The molecule has 0 saturated heterocycles. The summed E-state index contributed by atoms with van der Waals surface area (Å²) >= 11 is 0. The first-order valence-electron chi connectivity index (χ1n) is 8.59. The van der Waals surface area contributed by atoms with Crippen molar-refractivity contribution in [1.82, 2.24) is 10.2 Å². The predicted octanol–water partition coefficient (Wildman–Crippen LogP) is 2.87. The van der Waals surface area contributed by atoms with Gasteiger partial charge < -0.3 is 10.0 Å². The lowest BCUT2D eigenvalue weighted by atomic mass is 9.84. The topological polar surface area (TPSA) is 52.6 Å². The Labute approximate surface area is 129 Å². The maximum atomic E-state index is 11.8. The minimum atomic E-state index is -0.717. The molecule has 2 saturated carbocycles. The Morgan fingerprint density at radius 3 is 2.52 bits per heavy atom. The minimum Gasteiger partial charge on any atom is -0.480 e. The van der Waals surface area contributed by atoms with Crippen LogP contribution in [-0.2, 0) is 4.79 Å². The van der Waals surface area contributed by atoms with Crippen molar-refractivity contribution in [3.63, 3.8) is 0 Å². The molecule has 122 valence electrons. The van der Waals surface area contributed by atoms with Crippen molar-refractivity contribution in [2.45, 2.75) is 89.4 Å². The summed E-state index contributed by atoms with van der Waals surface area (Å²) < 4.78 is 0. The van der Waals surface area contributed by atoms with E-state index in [0.29, 0.717) is 12.1 Å². The third-order valence-electron chi connectivity index (χ3n) is 5.63. The minimum absolute atomic E-state index is 0.207. The number of carbonyl (C=O) groups is 1. The molecule has 4 nitrogen and oxygen atoms in total. The van der Waals surface area contributed by atoms with Crippen LogP contribution in [0.1, 0.15) is 65.7 Å². The highest BCUT2D eigenvalue weighted by atomic mass is 16.4. The van der Waals surface area contributed by atoms with Crippen molar-refractivity contribution in [2.24, 2.45) is 5.92 Å². The van der Waals surface area contributed by atoms with Gasteiger partial charge in [-0.25, -0.2) is 0 Å². The van der Waals surface area contributed by atoms with Crippen LogP contribution in [-0.4, -0.2) is 46.7 Å². The number of hydrogen-bond acceptors (Lipinski definition) is 3. The smallest absolute Gasteiger partial charge is 0.323 e. The Morgan fingerprint density at radius 2 is 1.95 bits per heavy atom. The fraction of sp³-hybridized carbons (Fsp3) is 0.941. The van der Waals surface area contributed by atoms with E-state index in [1.165, 1.54) is 25.7 Å². The van der Waals surface area contributed by atoms with Crippen LogP contribution in [0.4, 0.5) is 0 Å². The summed E-state index contributed by atoms with van der Waals surface area (Å²) in [7, 11) is 2.21. The molecule has 0 aromatic rings. The zero-order valence-corrected chi connectivity index (χ0v) is 14.1. The van der Waals surface area contributed by atoms with Crippen LogP contribution < -0.4 is 5.32 Å². The highest BCUT2D eigenvalue weighted by Gasteiger charge is 2.47. The first kappa shape index (κ1) is 16.8. The number of rotatable bonds is 5. The SMILES string of the molecule is CC(C)NC1(C(=O)O)CCC(N(C)C2CCCCC2C)C1. The van der Waals surface area contributed by atoms with Gasteiger partial charge in [-0.1, -0.05) is 19.8 Å². The maximum absolute atomic E-state index is 11.8. The molecule has 2 fully saturated rings. The second-order valence-corrected chi connectivity index (χ2v) is 7.58. The van der Waals surface area contributed by atoms with E-state index in [2.05, 4.69) is 24.2 Å². The Hall–Kier alpha value is -0.610. The second kappa shape index (κ2) is 6.66. The maximum Gasteiger partial charge on any atom is 0.323 e. The summed E-state index contributed by atoms with van der Waals surface area (Å²) in [5.41, 5.74) is -0.717. The van der Waals surface area contributed by atoms with Crippen LogP contribution in [0.3, 0.4) is 0 Å². The fourth-order valence-electron chi connectivity index (χ4n) is 4.48. The monoisotopic (exact) mass is 296 g/mol. The quantitative estimate of drug-likeness (QED) is 0.819. The molecule has 21 heavy (non-hydrogen) atoms. The molecule has 2 N–H and O–H groups in total. The van der Waals surface area contributed by atoms with Crippen molar-refractivity contribution in [3.05, 3.63) is 0 Å². The molecule has 0 aliphatic heterocycles. The molecule has 0 radical (unpaired) electrons. The molecule has 0 bridgehead atoms. The zero-order chi connectivity index (χ0) is 15.6. The van der Waals surface area contributed by atoms with Crippen LogP contribution >= 0.6 is 0 Å². The number of hydrogen-bond donors (Lipinski definition) is 2. The predicted molar refractivity (Wildman–Crippen MR) is 85.5 cm³/mol. The summed E-state index contributed by atoms with van der Waals surface area (Å²) in [6.07, 6.45) is 7.73. The number of carboxylic acids is 1. The van der Waals surface area contributed by atoms with E-state index < -0.39 is 11.5 Å². The Kier molecular flexibility index (Phi) is 5.31. The summed E-state index contributed by atoms with van der Waals surface area (Å²) in [6.45, 7) is 6.42. The van der Waals surface area contributed by atoms with Crippen LogP contribution in [0.15, 0.2) is 0 Å². The number of aliphatic carboxylic acids is 1. The highest BCUT2D eigenvalue weighted by molar-refractivity contribution is 5.79. The molecule has 0 spiro atoms. The second-order valence-electron chi connectivity index (χ2n) is 7.58. The first-order valence-corrected chi connectivity index (χ1v) is 8.59. The molecule has 0 heterocycles. The van der Waals surface area contributed by atoms with Crippen LogP contribution in [0.2, 0.25) is 0 Å². The summed E-state index contributed by atoms with van der Waals surface area (Å²) in [4.78, 5) is 14.3. The van der Waals surface area contributed by atoms with Gasteiger partial charge in [0, 0.05) is 18.1 Å². The molecule has 4 atom stereocenters. The molecule has 4 unspecified atom stereocenters. The van der Waals surface area contributed by atoms with Crippen LogP contribution in [0, 0.1) is 5.92 Å². The average molecular weight is 296 g/mol. The molecule has 2 aliphatic carbocycles. The Morgan fingerprint density at radius 1 is 1.29 bits per heavy atom. The molecule has 0 aromatic heterocycles. The normalized spacial score (nSPS) is 37.3. The van der Waals surface area contributed by atoms with E-state index in [-0.39, 0.29) is 6.04 Å². The van der Waals surface area contributed by atoms with Crippen molar-refractivity contribution in [1.29, 1.82) is 0 Å². The third-order valence-corrected chi connectivity index (χ3v) is 5.63. The average Bonchev–Trinajstić information content (AvgIpc) is 2.83. The van der Waals surface area contributed by atoms with Gasteiger partial charge in [-0.05, 0) is 58.9 Å². The molecule has 0 aromatic carbocycles. The zero-order valence-electron chi connectivity index (χ0n) is 14.1. The van der Waals surface area contributed by atoms with Crippen molar-refractivity contribution >= 4 is 5.97 Å². The van der Waals surface area contributed by atoms with Gasteiger partial charge in [0.2, 0.25) is 0 Å². The molecule has 2 rings (SSSR count). The van der Waals surface area contributed by atoms with Crippen molar-refractivity contribution in [2.75, 3.05) is 7.05 Å². The van der Waals surface area contributed by atoms with Crippen molar-refractivity contribution < 1.29 is 9.90 Å². The molecular formula is C17H32N2O2. The van der Waals surface area contributed by atoms with E-state index >= 15 is 0 Å². The molecular weight excluding hydrogens is 264 g/mol. The van der Waals surface area contributed by atoms with Gasteiger partial charge in [-0.2, -0.15) is 0 Å². The number of nitrogens with zero attached hydrogens (tertiary/aromatic N) is 1. The van der Waals surface area contributed by atoms with Gasteiger partial charge in [0.15, 0.2) is 0 Å². The van der Waals surface area contributed by atoms with Crippen molar-refractivity contribution in [3.8, 4) is 0 Å². The molecule has 0 amide bonds. The van der Waals surface area contributed by atoms with Gasteiger partial charge in [-0.15, -0.1) is 0 Å². The number of nitrogens with one attached hydrogen (secondary N) is 1. The summed E-state index contributed by atoms with van der Waals surface area (Å²) in [5.74, 6) is 0.0606. The van der Waals surface area contributed by atoms with Gasteiger partial charge in [0.05, 0.1) is 0 Å². The number of carboxylic acid groups (broad SMARTS) is 1.